The van der Waals surface area contributed by atoms with Crippen molar-refractivity contribution in [1.29, 1.82) is 0 Å². The van der Waals surface area contributed by atoms with Gasteiger partial charge in [0.15, 0.2) is 0 Å². The molecular weight excluding hydrogens is 705 g/mol. The number of rotatable bonds is 8. The van der Waals surface area contributed by atoms with Crippen LogP contribution in [0, 0.1) is 54.0 Å². The summed E-state index contributed by atoms with van der Waals surface area (Å²) in [5, 5.41) is 3.36. The van der Waals surface area contributed by atoms with Crippen LogP contribution in [0.25, 0.3) is 0 Å². The number of nitrogens with zero attached hydrogens (tertiary/aromatic N) is 2. The van der Waals surface area contributed by atoms with Gasteiger partial charge in [-0.2, -0.15) is 6.67 Å². The van der Waals surface area contributed by atoms with Gasteiger partial charge in [-0.15, -0.1) is 0 Å². The zero-order chi connectivity index (χ0) is 33.5. The molecule has 2 N–H and O–H groups in total. The molecule has 0 unspecified atom stereocenters. The molecule has 0 aromatic heterocycles. The summed E-state index contributed by atoms with van der Waals surface area (Å²) in [6, 6.07) is 21.6. The van der Waals surface area contributed by atoms with Crippen LogP contribution in [-0.4, -0.2) is 28.5 Å². The van der Waals surface area contributed by atoms with Crippen LogP contribution in [0.15, 0.2) is 66.7 Å². The summed E-state index contributed by atoms with van der Waals surface area (Å²) in [6.45, 7) is 22.2. The number of hydrogen-bond acceptors (Lipinski definition) is 3. The molecule has 1 aliphatic rings. The van der Waals surface area contributed by atoms with Gasteiger partial charge in [-0.25, -0.2) is 0 Å². The number of halogens is 3. The Labute approximate surface area is 288 Å². The number of hydrogen-bond donors (Lipinski definition) is 1. The fraction of sp³-hybridized carbons (Fsp3) is 0.316. The summed E-state index contributed by atoms with van der Waals surface area (Å²) in [7, 11) is 11.9. The van der Waals surface area contributed by atoms with Gasteiger partial charge < -0.3 is 9.80 Å². The molecule has 0 radical (unpaired) electrons. The number of aryl methyl sites for hydroxylation is 6. The van der Waals surface area contributed by atoms with E-state index in [2.05, 4.69) is 92.3 Å². The molecule has 4 aromatic rings. The maximum Gasteiger partial charge on any atom is 0.0146 e. The van der Waals surface area contributed by atoms with E-state index >= 15 is 0 Å². The Kier molecular flexibility index (Phi) is 12.7. The Morgan fingerprint density at radius 2 is 1.35 bits per heavy atom. The molecule has 5 rings (SSSR count). The van der Waals surface area contributed by atoms with Crippen LogP contribution in [-0.2, 0) is 20.1 Å². The molecule has 1 heterocycles. The molecule has 1 fully saturated rings. The topological polar surface area (TPSA) is 31.3 Å². The van der Waals surface area contributed by atoms with Crippen LogP contribution in [0.3, 0.4) is 0 Å². The maximum absolute atomic E-state index is 13.4. The van der Waals surface area contributed by atoms with Crippen molar-refractivity contribution in [2.75, 3.05) is 28.2 Å². The number of anilines is 3. The standard InChI is InChI=1S/C21H27N2.C17H18FNO.2ClH.Ru/c1-14-9-16(3)20(17(4)10-14)22-7-8-23(13-22)21-18(5)11-15(2)12-19(21)6;1-12(2)20-17-7-5-4-6-16(17)19-11-14-8-9-15(18)10-13(14)3;;;/h9-13H,7-8H2,1-6H3;3-10,12,19H,11H2,1-2H3;2*1H;/q-1;;;;+2/p-1. The van der Waals surface area contributed by atoms with E-state index < -0.39 is 13.5 Å². The minimum absolute atomic E-state index is 0.215. The molecule has 0 amide bonds. The van der Waals surface area contributed by atoms with E-state index in [1.54, 1.807) is 10.7 Å². The second-order valence-electron chi connectivity index (χ2n) is 12.2. The first kappa shape index (κ1) is 35.9. The SMILES string of the molecule is CC(C)[OH+]c1ccccc1NCc1ccc(F)cc1[CH]=[Ru]([Cl])[Cl].Cc1cc(C)c(N2[CH-]N(c3c(C)cc(C)cc3C)CC2)c(C)c1. The Morgan fingerprint density at radius 3 is 1.85 bits per heavy atom. The zero-order valence-corrected chi connectivity index (χ0v) is 31.3. The third kappa shape index (κ3) is 9.56. The van der Waals surface area contributed by atoms with E-state index in [9.17, 15) is 4.39 Å². The van der Waals surface area contributed by atoms with Gasteiger partial charge in [-0.1, -0.05) is 35.4 Å². The summed E-state index contributed by atoms with van der Waals surface area (Å²) in [5.74, 6) is 0.622. The molecule has 4 nitrogen and oxygen atoms in total. The van der Waals surface area contributed by atoms with Crippen LogP contribution in [0.4, 0.5) is 21.5 Å². The molecule has 4 aromatic carbocycles. The summed E-state index contributed by atoms with van der Waals surface area (Å²) in [6.07, 6.45) is 0.215. The Morgan fingerprint density at radius 1 is 0.826 bits per heavy atom. The van der Waals surface area contributed by atoms with Crippen LogP contribution in [0.1, 0.15) is 58.4 Å². The predicted octanol–water partition coefficient (Wildman–Crippen LogP) is 10.1. The fourth-order valence-electron chi connectivity index (χ4n) is 6.20. The normalized spacial score (nSPS) is 13.0. The van der Waals surface area contributed by atoms with Gasteiger partial charge in [-0.05, 0) is 63.8 Å². The molecule has 0 spiro atoms. The first-order chi connectivity index (χ1) is 21.8. The second-order valence-corrected chi connectivity index (χ2v) is 18.0. The second kappa shape index (κ2) is 16.3. The number of ether oxygens (including phenoxy) is 1. The molecule has 0 bridgehead atoms. The smallest absolute Gasteiger partial charge is 0.0146 e. The van der Waals surface area contributed by atoms with Gasteiger partial charge in [0, 0.05) is 24.5 Å². The van der Waals surface area contributed by atoms with Crippen LogP contribution >= 0.6 is 19.4 Å². The molecule has 0 atom stereocenters. The average molecular weight is 752 g/mol. The summed E-state index contributed by atoms with van der Waals surface area (Å²) in [4.78, 5) is 4.81. The molecule has 0 aliphatic carbocycles. The number of aliphatic hydroxyl groups is 1. The van der Waals surface area contributed by atoms with Crippen LogP contribution < -0.4 is 15.1 Å². The zero-order valence-electron chi connectivity index (χ0n) is 28.0. The third-order valence-corrected chi connectivity index (χ3v) is 9.60. The van der Waals surface area contributed by atoms with E-state index in [-0.39, 0.29) is 11.9 Å². The van der Waals surface area contributed by atoms with Crippen molar-refractivity contribution in [3.8, 4) is 5.75 Å². The van der Waals surface area contributed by atoms with Crippen molar-refractivity contribution in [2.24, 2.45) is 0 Å². The van der Waals surface area contributed by atoms with Crippen molar-refractivity contribution in [3.63, 3.8) is 0 Å². The van der Waals surface area contributed by atoms with Crippen LogP contribution in [0.5, 0.6) is 5.75 Å². The van der Waals surface area contributed by atoms with E-state index in [4.69, 9.17) is 19.4 Å². The van der Waals surface area contributed by atoms with Crippen molar-refractivity contribution >= 4 is 41.1 Å². The Balaban J connectivity index is 0.000000209. The number of nitrogens with one attached hydrogen (secondary N) is 1. The van der Waals surface area contributed by atoms with Crippen LogP contribution in [0.2, 0.25) is 0 Å². The van der Waals surface area contributed by atoms with Crippen molar-refractivity contribution < 1.29 is 22.6 Å². The fourth-order valence-corrected chi connectivity index (χ4v) is 8.06. The van der Waals surface area contributed by atoms with E-state index in [1.165, 1.54) is 56.9 Å². The molecular formula is C38H46Cl2FN3ORu. The average Bonchev–Trinajstić information content (AvgIpc) is 3.41. The van der Waals surface area contributed by atoms with Gasteiger partial charge in [-0.3, -0.25) is 0 Å². The molecule has 1 saturated heterocycles. The van der Waals surface area contributed by atoms with Gasteiger partial charge in [0.1, 0.15) is 0 Å². The Bertz CT molecular complexity index is 1590. The van der Waals surface area contributed by atoms with Gasteiger partial charge in [0.25, 0.3) is 0 Å². The quantitative estimate of drug-likeness (QED) is 0.0842. The number of para-hydroxylation sites is 2. The third-order valence-electron chi connectivity index (χ3n) is 7.77. The Hall–Kier alpha value is -2.92. The van der Waals surface area contributed by atoms with Crippen molar-refractivity contribution in [1.82, 2.24) is 0 Å². The summed E-state index contributed by atoms with van der Waals surface area (Å²) < 4.78 is 19.8. The molecule has 1 aliphatic heterocycles. The van der Waals surface area contributed by atoms with E-state index in [0.717, 1.165) is 35.7 Å². The minimum Gasteiger partial charge on any atom is -0.502 e. The van der Waals surface area contributed by atoms with Gasteiger partial charge in [0.05, 0.1) is 0 Å². The number of benzene rings is 4. The number of aromatic hydroxyl groups is 1. The molecule has 248 valence electrons. The largest absolute Gasteiger partial charge is 0.502 e. The first-order valence-corrected chi connectivity index (χ1v) is 21.0. The first-order valence-electron chi connectivity index (χ1n) is 15.5. The van der Waals surface area contributed by atoms with Gasteiger partial charge >= 0.3 is 149 Å². The summed E-state index contributed by atoms with van der Waals surface area (Å²) >= 11 is -2.01. The minimum atomic E-state index is -2.01. The molecule has 8 heteroatoms. The summed E-state index contributed by atoms with van der Waals surface area (Å²) in [5.41, 5.74) is 13.5. The van der Waals surface area contributed by atoms with Crippen molar-refractivity contribution in [3.05, 3.63) is 124 Å². The van der Waals surface area contributed by atoms with Gasteiger partial charge in [0.2, 0.25) is 0 Å². The van der Waals surface area contributed by atoms with Crippen molar-refractivity contribution in [2.45, 2.75) is 68.0 Å². The predicted molar refractivity (Wildman–Crippen MR) is 194 cm³/mol. The van der Waals surface area contributed by atoms with E-state index in [0.29, 0.717) is 6.54 Å². The molecule has 0 saturated carbocycles. The maximum atomic E-state index is 13.4. The van der Waals surface area contributed by atoms with E-state index in [1.807, 2.05) is 38.1 Å². The molecule has 46 heavy (non-hydrogen) atoms. The monoisotopic (exact) mass is 751 g/mol.